The first-order chi connectivity index (χ1) is 13.5. The molecule has 2 heterocycles. The second kappa shape index (κ2) is 9.16. The van der Waals surface area contributed by atoms with Crippen molar-refractivity contribution in [1.82, 2.24) is 9.13 Å². The number of hydrogen-bond donors (Lipinski definition) is 1. The van der Waals surface area contributed by atoms with Crippen LogP contribution in [0.5, 0.6) is 5.75 Å². The van der Waals surface area contributed by atoms with E-state index in [0.29, 0.717) is 49.3 Å². The zero-order valence-corrected chi connectivity index (χ0v) is 16.7. The predicted molar refractivity (Wildman–Crippen MR) is 110 cm³/mol. The van der Waals surface area contributed by atoms with Gasteiger partial charge in [-0.3, -0.25) is 13.9 Å². The molecule has 0 radical (unpaired) electrons. The lowest BCUT2D eigenvalue weighted by molar-refractivity contribution is 0.122. The summed E-state index contributed by atoms with van der Waals surface area (Å²) in [6, 6.07) is 7.07. The first kappa shape index (κ1) is 20.3. The van der Waals surface area contributed by atoms with Gasteiger partial charge in [0.2, 0.25) is 0 Å². The molecule has 152 valence electrons. The number of morpholine rings is 1. The lowest BCUT2D eigenvalue weighted by Crippen LogP contribution is -2.47. The monoisotopic (exact) mass is 408 g/mol. The Balaban J connectivity index is 1.92. The number of nitrogens with zero attached hydrogens (tertiary/aromatic N) is 3. The van der Waals surface area contributed by atoms with Gasteiger partial charge in [0.15, 0.2) is 0 Å². The van der Waals surface area contributed by atoms with E-state index in [9.17, 15) is 9.59 Å². The van der Waals surface area contributed by atoms with E-state index in [1.807, 2.05) is 11.8 Å². The van der Waals surface area contributed by atoms with Gasteiger partial charge in [-0.2, -0.15) is 0 Å². The van der Waals surface area contributed by atoms with E-state index in [0.717, 1.165) is 6.42 Å². The third-order valence-corrected chi connectivity index (χ3v) is 4.94. The quantitative estimate of drug-likeness (QED) is 0.747. The van der Waals surface area contributed by atoms with E-state index in [4.69, 9.17) is 26.8 Å². The average molecular weight is 409 g/mol. The second-order valence-corrected chi connectivity index (χ2v) is 6.91. The summed E-state index contributed by atoms with van der Waals surface area (Å²) < 4.78 is 13.7. The highest BCUT2D eigenvalue weighted by atomic mass is 35.5. The van der Waals surface area contributed by atoms with Gasteiger partial charge in [-0.15, -0.1) is 0 Å². The van der Waals surface area contributed by atoms with Gasteiger partial charge in [-0.05, 0) is 18.6 Å². The van der Waals surface area contributed by atoms with Crippen LogP contribution in [-0.2, 0) is 17.8 Å². The van der Waals surface area contributed by atoms with Crippen LogP contribution in [0.1, 0.15) is 13.3 Å². The molecule has 9 heteroatoms. The van der Waals surface area contributed by atoms with Crippen LogP contribution in [0.25, 0.3) is 0 Å². The Labute approximate surface area is 168 Å². The number of hydrogen-bond acceptors (Lipinski definition) is 6. The van der Waals surface area contributed by atoms with Crippen molar-refractivity contribution in [2.75, 3.05) is 43.5 Å². The maximum absolute atomic E-state index is 13.1. The molecular formula is C19H25ClN4O4. The van der Waals surface area contributed by atoms with Gasteiger partial charge in [0.1, 0.15) is 23.9 Å². The molecule has 1 aliphatic rings. The van der Waals surface area contributed by atoms with Gasteiger partial charge in [0.25, 0.3) is 5.56 Å². The van der Waals surface area contributed by atoms with E-state index in [1.165, 1.54) is 9.13 Å². The van der Waals surface area contributed by atoms with Crippen molar-refractivity contribution >= 4 is 23.1 Å². The van der Waals surface area contributed by atoms with Crippen molar-refractivity contribution in [3.05, 3.63) is 50.1 Å². The molecule has 28 heavy (non-hydrogen) atoms. The molecule has 0 unspecified atom stereocenters. The van der Waals surface area contributed by atoms with Crippen LogP contribution in [0.2, 0.25) is 5.02 Å². The van der Waals surface area contributed by atoms with Gasteiger partial charge < -0.3 is 20.1 Å². The fraction of sp³-hybridized carbons (Fsp3) is 0.474. The minimum atomic E-state index is -0.427. The molecule has 1 saturated heterocycles. The Morgan fingerprint density at radius 2 is 1.86 bits per heavy atom. The van der Waals surface area contributed by atoms with Crippen LogP contribution in [0.3, 0.4) is 0 Å². The van der Waals surface area contributed by atoms with E-state index in [1.54, 1.807) is 24.3 Å². The number of anilines is 2. The molecule has 2 aromatic rings. The number of nitrogens with two attached hydrogens (primary N) is 1. The Kier molecular flexibility index (Phi) is 6.64. The molecular weight excluding hydrogens is 384 g/mol. The number of para-hydroxylation sites is 1. The average Bonchev–Trinajstić information content (AvgIpc) is 2.70. The van der Waals surface area contributed by atoms with Gasteiger partial charge in [-0.25, -0.2) is 4.79 Å². The molecule has 8 nitrogen and oxygen atoms in total. The van der Waals surface area contributed by atoms with Crippen LogP contribution in [0.4, 0.5) is 11.5 Å². The minimum absolute atomic E-state index is 0.101. The highest BCUT2D eigenvalue weighted by Gasteiger charge is 2.23. The summed E-state index contributed by atoms with van der Waals surface area (Å²) in [6.07, 6.45) is 0.723. The zero-order valence-electron chi connectivity index (χ0n) is 15.9. The Morgan fingerprint density at radius 3 is 2.54 bits per heavy atom. The van der Waals surface area contributed by atoms with Crippen LogP contribution >= 0.6 is 11.6 Å². The van der Waals surface area contributed by atoms with E-state index in [2.05, 4.69) is 0 Å². The molecule has 1 aromatic carbocycles. The summed E-state index contributed by atoms with van der Waals surface area (Å²) in [5.41, 5.74) is 5.75. The molecule has 0 bridgehead atoms. The SMILES string of the molecule is CCCn1c(N)c(N2CCOCC2)c(=O)n(CCOc2ccccc2Cl)c1=O. The molecule has 2 N–H and O–H groups in total. The molecule has 3 rings (SSSR count). The Bertz CT molecular complexity index is 935. The van der Waals surface area contributed by atoms with Crippen molar-refractivity contribution in [3.63, 3.8) is 0 Å². The van der Waals surface area contributed by atoms with Crippen LogP contribution < -0.4 is 26.6 Å². The van der Waals surface area contributed by atoms with Crippen LogP contribution in [-0.4, -0.2) is 42.0 Å². The third kappa shape index (κ3) is 4.18. The molecule has 1 fully saturated rings. The standard InChI is InChI=1S/C19H25ClN4O4/c1-2-7-23-17(21)16(22-8-11-27-12-9-22)18(25)24(19(23)26)10-13-28-15-6-4-3-5-14(15)20/h3-6H,2,7-13,21H2,1H3. The summed E-state index contributed by atoms with van der Waals surface area (Å²) in [5.74, 6) is 0.719. The molecule has 1 aromatic heterocycles. The molecule has 0 saturated carbocycles. The topological polar surface area (TPSA) is 91.7 Å². The van der Waals surface area contributed by atoms with Gasteiger partial charge in [-0.1, -0.05) is 30.7 Å². The van der Waals surface area contributed by atoms with Crippen molar-refractivity contribution < 1.29 is 9.47 Å². The van der Waals surface area contributed by atoms with Gasteiger partial charge in [0.05, 0.1) is 24.8 Å². The number of rotatable bonds is 7. The van der Waals surface area contributed by atoms with Crippen LogP contribution in [0.15, 0.2) is 33.9 Å². The third-order valence-electron chi connectivity index (χ3n) is 4.63. The van der Waals surface area contributed by atoms with Crippen LogP contribution in [0, 0.1) is 0 Å². The summed E-state index contributed by atoms with van der Waals surface area (Å²) in [6.45, 7) is 4.77. The summed E-state index contributed by atoms with van der Waals surface area (Å²) in [7, 11) is 0. The van der Waals surface area contributed by atoms with Crippen molar-refractivity contribution in [2.45, 2.75) is 26.4 Å². The van der Waals surface area contributed by atoms with Gasteiger partial charge in [0, 0.05) is 19.6 Å². The number of benzene rings is 1. The maximum atomic E-state index is 13.1. The van der Waals surface area contributed by atoms with Gasteiger partial charge >= 0.3 is 5.69 Å². The number of aromatic nitrogens is 2. The highest BCUT2D eigenvalue weighted by molar-refractivity contribution is 6.32. The highest BCUT2D eigenvalue weighted by Crippen LogP contribution is 2.23. The minimum Gasteiger partial charge on any atom is -0.490 e. The Morgan fingerprint density at radius 1 is 1.14 bits per heavy atom. The summed E-state index contributed by atoms with van der Waals surface area (Å²) in [5, 5.41) is 0.476. The number of nitrogen functional groups attached to an aromatic ring is 1. The lowest BCUT2D eigenvalue weighted by atomic mass is 10.3. The van der Waals surface area contributed by atoms with Crippen molar-refractivity contribution in [2.24, 2.45) is 0 Å². The lowest BCUT2D eigenvalue weighted by Gasteiger charge is -2.30. The first-order valence-electron chi connectivity index (χ1n) is 9.37. The molecule has 1 aliphatic heterocycles. The number of halogens is 1. The molecule has 0 amide bonds. The molecule has 0 spiro atoms. The zero-order chi connectivity index (χ0) is 20.1. The molecule has 0 atom stereocenters. The van der Waals surface area contributed by atoms with E-state index in [-0.39, 0.29) is 19.0 Å². The fourth-order valence-corrected chi connectivity index (χ4v) is 3.42. The first-order valence-corrected chi connectivity index (χ1v) is 9.75. The fourth-order valence-electron chi connectivity index (χ4n) is 3.23. The smallest absolute Gasteiger partial charge is 0.332 e. The predicted octanol–water partition coefficient (Wildman–Crippen LogP) is 1.57. The summed E-state index contributed by atoms with van der Waals surface area (Å²) in [4.78, 5) is 27.8. The largest absolute Gasteiger partial charge is 0.490 e. The Hall–Kier alpha value is -2.45. The normalized spacial score (nSPS) is 14.3. The maximum Gasteiger partial charge on any atom is 0.332 e. The van der Waals surface area contributed by atoms with E-state index < -0.39 is 11.2 Å². The molecule has 0 aliphatic carbocycles. The number of ether oxygens (including phenoxy) is 2. The summed E-state index contributed by atoms with van der Waals surface area (Å²) >= 11 is 6.09. The van der Waals surface area contributed by atoms with Crippen molar-refractivity contribution in [3.8, 4) is 5.75 Å². The second-order valence-electron chi connectivity index (χ2n) is 6.50. The van der Waals surface area contributed by atoms with Crippen molar-refractivity contribution in [1.29, 1.82) is 0 Å². The van der Waals surface area contributed by atoms with E-state index >= 15 is 0 Å².